The maximum Gasteiger partial charge on any atom is 0.150 e. The van der Waals surface area contributed by atoms with E-state index in [0.29, 0.717) is 5.69 Å². The predicted molar refractivity (Wildman–Crippen MR) is 53.1 cm³/mol. The lowest BCUT2D eigenvalue weighted by atomic mass is 10.2. The van der Waals surface area contributed by atoms with Gasteiger partial charge in [-0.05, 0) is 12.1 Å². The van der Waals surface area contributed by atoms with Gasteiger partial charge < -0.3 is 15.3 Å². The molecule has 1 aromatic carbocycles. The highest BCUT2D eigenvalue weighted by molar-refractivity contribution is 5.59. The smallest absolute Gasteiger partial charge is 0.150 e. The molecule has 1 heterocycles. The molecule has 0 atom stereocenters. The fourth-order valence-electron chi connectivity index (χ4n) is 1.71. The minimum Gasteiger partial charge on any atom is -0.506 e. The van der Waals surface area contributed by atoms with Crippen LogP contribution in [0.1, 0.15) is 0 Å². The molecular weight excluding hydrogens is 183 g/mol. The second-order valence-electron chi connectivity index (χ2n) is 3.34. The van der Waals surface area contributed by atoms with Gasteiger partial charge in [0, 0.05) is 26.2 Å². The molecule has 2 rings (SSSR count). The van der Waals surface area contributed by atoms with E-state index < -0.39 is 0 Å². The van der Waals surface area contributed by atoms with Crippen LogP contribution in [0.5, 0.6) is 5.75 Å². The molecule has 0 radical (unpaired) electrons. The Kier molecular flexibility index (Phi) is 2.54. The summed E-state index contributed by atoms with van der Waals surface area (Å²) < 4.78 is 13.4. The summed E-state index contributed by atoms with van der Waals surface area (Å²) >= 11 is 0. The number of aromatic hydroxyl groups is 1. The first-order valence-corrected chi connectivity index (χ1v) is 4.72. The van der Waals surface area contributed by atoms with Crippen molar-refractivity contribution in [1.82, 2.24) is 5.32 Å². The van der Waals surface area contributed by atoms with Gasteiger partial charge in [-0.1, -0.05) is 6.07 Å². The molecule has 1 saturated heterocycles. The number of halogens is 1. The largest absolute Gasteiger partial charge is 0.506 e. The van der Waals surface area contributed by atoms with Crippen LogP contribution >= 0.6 is 0 Å². The number of anilines is 1. The molecular formula is C10H13FN2O. The number of phenolic OH excluding ortho intramolecular Hbond substituents is 1. The molecule has 0 aromatic heterocycles. The van der Waals surface area contributed by atoms with E-state index in [0.717, 1.165) is 26.2 Å². The third-order valence-corrected chi connectivity index (χ3v) is 2.40. The van der Waals surface area contributed by atoms with Crippen LogP contribution in [0, 0.1) is 5.82 Å². The maximum atomic E-state index is 13.4. The number of benzene rings is 1. The first kappa shape index (κ1) is 9.27. The van der Waals surface area contributed by atoms with Gasteiger partial charge in [-0.3, -0.25) is 0 Å². The Bertz CT molecular complexity index is 304. The van der Waals surface area contributed by atoms with Gasteiger partial charge in [-0.25, -0.2) is 4.39 Å². The van der Waals surface area contributed by atoms with Crippen molar-refractivity contribution in [2.75, 3.05) is 31.1 Å². The monoisotopic (exact) mass is 196 g/mol. The number of nitrogens with zero attached hydrogens (tertiary/aromatic N) is 1. The lowest BCUT2D eigenvalue weighted by Gasteiger charge is -2.30. The lowest BCUT2D eigenvalue weighted by molar-refractivity contribution is 0.463. The van der Waals surface area contributed by atoms with Gasteiger partial charge in [-0.2, -0.15) is 0 Å². The van der Waals surface area contributed by atoms with Crippen molar-refractivity contribution in [3.63, 3.8) is 0 Å². The van der Waals surface area contributed by atoms with Crippen LogP contribution in [-0.2, 0) is 0 Å². The second-order valence-corrected chi connectivity index (χ2v) is 3.34. The van der Waals surface area contributed by atoms with Gasteiger partial charge in [0.1, 0.15) is 17.3 Å². The van der Waals surface area contributed by atoms with E-state index in [4.69, 9.17) is 0 Å². The number of para-hydroxylation sites is 1. The lowest BCUT2D eigenvalue weighted by Crippen LogP contribution is -2.43. The summed E-state index contributed by atoms with van der Waals surface area (Å²) in [6, 6.07) is 4.40. The third-order valence-electron chi connectivity index (χ3n) is 2.40. The van der Waals surface area contributed by atoms with Gasteiger partial charge in [0.2, 0.25) is 0 Å². The molecule has 0 unspecified atom stereocenters. The highest BCUT2D eigenvalue weighted by atomic mass is 19.1. The summed E-state index contributed by atoms with van der Waals surface area (Å²) in [5.74, 6) is -0.334. The summed E-state index contributed by atoms with van der Waals surface area (Å²) in [4.78, 5) is 1.86. The van der Waals surface area contributed by atoms with Crippen LogP contribution < -0.4 is 10.2 Å². The summed E-state index contributed by atoms with van der Waals surface area (Å²) in [6.07, 6.45) is 0. The molecule has 1 fully saturated rings. The van der Waals surface area contributed by atoms with E-state index in [1.807, 2.05) is 4.90 Å². The molecule has 3 nitrogen and oxygen atoms in total. The van der Waals surface area contributed by atoms with Gasteiger partial charge in [0.15, 0.2) is 0 Å². The van der Waals surface area contributed by atoms with E-state index in [2.05, 4.69) is 5.32 Å². The van der Waals surface area contributed by atoms with Gasteiger partial charge >= 0.3 is 0 Å². The fourth-order valence-corrected chi connectivity index (χ4v) is 1.71. The SMILES string of the molecule is Oc1cccc(F)c1N1CCNCC1. The number of piperazine rings is 1. The summed E-state index contributed by atoms with van der Waals surface area (Å²) in [5.41, 5.74) is 0.328. The summed E-state index contributed by atoms with van der Waals surface area (Å²) in [5, 5.41) is 12.7. The molecule has 76 valence electrons. The van der Waals surface area contributed by atoms with E-state index in [1.54, 1.807) is 0 Å². The van der Waals surface area contributed by atoms with E-state index in [-0.39, 0.29) is 11.6 Å². The van der Waals surface area contributed by atoms with Crippen molar-refractivity contribution < 1.29 is 9.50 Å². The van der Waals surface area contributed by atoms with Crippen LogP contribution in [0.25, 0.3) is 0 Å². The zero-order valence-electron chi connectivity index (χ0n) is 7.83. The molecule has 1 aromatic rings. The first-order valence-electron chi connectivity index (χ1n) is 4.72. The average Bonchev–Trinajstić information content (AvgIpc) is 2.19. The Balaban J connectivity index is 2.29. The van der Waals surface area contributed by atoms with E-state index in [1.165, 1.54) is 18.2 Å². The molecule has 1 aliphatic rings. The first-order chi connectivity index (χ1) is 6.79. The van der Waals surface area contributed by atoms with Gasteiger partial charge in [-0.15, -0.1) is 0 Å². The summed E-state index contributed by atoms with van der Waals surface area (Å²) in [7, 11) is 0. The molecule has 14 heavy (non-hydrogen) atoms. The fraction of sp³-hybridized carbons (Fsp3) is 0.400. The topological polar surface area (TPSA) is 35.5 Å². The van der Waals surface area contributed by atoms with Crippen molar-refractivity contribution in [1.29, 1.82) is 0 Å². The number of nitrogens with one attached hydrogen (secondary N) is 1. The zero-order chi connectivity index (χ0) is 9.97. The Morgan fingerprint density at radius 2 is 2.00 bits per heavy atom. The maximum absolute atomic E-state index is 13.4. The van der Waals surface area contributed by atoms with Crippen LogP contribution in [0.4, 0.5) is 10.1 Å². The quantitative estimate of drug-likeness (QED) is 0.701. The van der Waals surface area contributed by atoms with Gasteiger partial charge in [0.05, 0.1) is 0 Å². The van der Waals surface area contributed by atoms with Crippen LogP contribution in [0.3, 0.4) is 0 Å². The molecule has 2 N–H and O–H groups in total. The number of hydrogen-bond donors (Lipinski definition) is 2. The van der Waals surface area contributed by atoms with E-state index in [9.17, 15) is 9.50 Å². The van der Waals surface area contributed by atoms with Crippen LogP contribution in [0.15, 0.2) is 18.2 Å². The molecule has 1 aliphatic heterocycles. The van der Waals surface area contributed by atoms with Crippen molar-refractivity contribution in [2.45, 2.75) is 0 Å². The van der Waals surface area contributed by atoms with Crippen molar-refractivity contribution in [2.24, 2.45) is 0 Å². The number of hydrogen-bond acceptors (Lipinski definition) is 3. The standard InChI is InChI=1S/C10H13FN2O/c11-8-2-1-3-9(14)10(8)13-6-4-12-5-7-13/h1-3,12,14H,4-7H2. The highest BCUT2D eigenvalue weighted by Crippen LogP contribution is 2.29. The molecule has 0 amide bonds. The van der Waals surface area contributed by atoms with Crippen molar-refractivity contribution in [3.05, 3.63) is 24.0 Å². The predicted octanol–water partition coefficient (Wildman–Crippen LogP) is 0.941. The van der Waals surface area contributed by atoms with Crippen molar-refractivity contribution >= 4 is 5.69 Å². The third kappa shape index (κ3) is 1.65. The molecule has 0 saturated carbocycles. The number of phenols is 1. The number of rotatable bonds is 1. The Hall–Kier alpha value is -1.29. The average molecular weight is 196 g/mol. The normalized spacial score (nSPS) is 17.1. The second kappa shape index (κ2) is 3.84. The Labute approximate surface area is 82.2 Å². The van der Waals surface area contributed by atoms with Crippen molar-refractivity contribution in [3.8, 4) is 5.75 Å². The molecule has 0 bridgehead atoms. The highest BCUT2D eigenvalue weighted by Gasteiger charge is 2.17. The minimum absolute atomic E-state index is 0.0203. The molecule has 4 heteroatoms. The van der Waals surface area contributed by atoms with E-state index >= 15 is 0 Å². The summed E-state index contributed by atoms with van der Waals surface area (Å²) in [6.45, 7) is 3.12. The molecule has 0 spiro atoms. The van der Waals surface area contributed by atoms with Crippen LogP contribution in [0.2, 0.25) is 0 Å². The van der Waals surface area contributed by atoms with Crippen LogP contribution in [-0.4, -0.2) is 31.3 Å². The minimum atomic E-state index is -0.355. The van der Waals surface area contributed by atoms with Gasteiger partial charge in [0.25, 0.3) is 0 Å². The zero-order valence-corrected chi connectivity index (χ0v) is 7.83. The Morgan fingerprint density at radius 1 is 1.29 bits per heavy atom. The Morgan fingerprint density at radius 3 is 2.64 bits per heavy atom. The molecule has 0 aliphatic carbocycles.